The fraction of sp³-hybridized carbons (Fsp3) is 0.143. The zero-order valence-corrected chi connectivity index (χ0v) is 12.3. The second-order valence-corrected chi connectivity index (χ2v) is 5.34. The van der Waals surface area contributed by atoms with E-state index >= 15 is 0 Å². The van der Waals surface area contributed by atoms with Crippen LogP contribution in [0.25, 0.3) is 0 Å². The van der Waals surface area contributed by atoms with Crippen LogP contribution in [0, 0.1) is 6.92 Å². The van der Waals surface area contributed by atoms with Crippen LogP contribution in [-0.4, -0.2) is 0 Å². The maximum absolute atomic E-state index is 5.98. The van der Waals surface area contributed by atoms with E-state index in [2.05, 4.69) is 15.9 Å². The summed E-state index contributed by atoms with van der Waals surface area (Å²) in [7, 11) is 0. The van der Waals surface area contributed by atoms with Gasteiger partial charge in [0.2, 0.25) is 0 Å². The lowest BCUT2D eigenvalue weighted by Gasteiger charge is -2.09. The molecule has 2 aromatic rings. The summed E-state index contributed by atoms with van der Waals surface area (Å²) in [5, 5.41) is 0.735. The Morgan fingerprint density at radius 1 is 1.17 bits per heavy atom. The molecular formula is C14H13BrClNO. The molecule has 2 nitrogen and oxygen atoms in total. The minimum absolute atomic E-state index is 0.482. The Labute approximate surface area is 120 Å². The van der Waals surface area contributed by atoms with Crippen molar-refractivity contribution >= 4 is 27.5 Å². The fourth-order valence-electron chi connectivity index (χ4n) is 1.61. The molecular weight excluding hydrogens is 314 g/mol. The van der Waals surface area contributed by atoms with Crippen LogP contribution in [0.5, 0.6) is 11.5 Å². The van der Waals surface area contributed by atoms with Crippen LogP contribution in [0.15, 0.2) is 40.9 Å². The molecule has 0 aliphatic carbocycles. The molecule has 2 N–H and O–H groups in total. The first-order chi connectivity index (χ1) is 8.58. The van der Waals surface area contributed by atoms with Crippen LogP contribution in [0.2, 0.25) is 5.02 Å². The summed E-state index contributed by atoms with van der Waals surface area (Å²) in [6.45, 7) is 2.43. The predicted octanol–water partition coefficient (Wildman–Crippen LogP) is 4.66. The Bertz CT molecular complexity index is 572. The third kappa shape index (κ3) is 3.25. The number of aryl methyl sites for hydroxylation is 1. The Kier molecular flexibility index (Phi) is 4.27. The molecule has 0 atom stereocenters. The lowest BCUT2D eigenvalue weighted by atomic mass is 10.2. The zero-order chi connectivity index (χ0) is 13.1. The first-order valence-electron chi connectivity index (χ1n) is 5.52. The van der Waals surface area contributed by atoms with Gasteiger partial charge in [-0.15, -0.1) is 0 Å². The van der Waals surface area contributed by atoms with Gasteiger partial charge in [-0.05, 0) is 54.4 Å². The highest BCUT2D eigenvalue weighted by Gasteiger charge is 2.03. The molecule has 0 aliphatic heterocycles. The molecule has 0 saturated carbocycles. The molecule has 0 bridgehead atoms. The van der Waals surface area contributed by atoms with Crippen molar-refractivity contribution < 1.29 is 4.74 Å². The largest absolute Gasteiger partial charge is 0.457 e. The van der Waals surface area contributed by atoms with Crippen molar-refractivity contribution in [3.63, 3.8) is 0 Å². The van der Waals surface area contributed by atoms with E-state index in [1.165, 1.54) is 0 Å². The van der Waals surface area contributed by atoms with E-state index in [0.717, 1.165) is 32.1 Å². The van der Waals surface area contributed by atoms with Crippen LogP contribution < -0.4 is 10.5 Å². The standard InChI is InChI=1S/C14H13BrClNO/c1-9-4-12(2-3-14(9)16)18-13-6-10(8-17)5-11(15)7-13/h2-7H,8,17H2,1H3. The van der Waals surface area contributed by atoms with Crippen molar-refractivity contribution in [3.05, 3.63) is 57.0 Å². The maximum atomic E-state index is 5.98. The average Bonchev–Trinajstić information content (AvgIpc) is 2.33. The van der Waals surface area contributed by atoms with Gasteiger partial charge in [0.05, 0.1) is 0 Å². The monoisotopic (exact) mass is 325 g/mol. The van der Waals surface area contributed by atoms with Gasteiger partial charge in [0.1, 0.15) is 11.5 Å². The van der Waals surface area contributed by atoms with Gasteiger partial charge in [0.15, 0.2) is 0 Å². The van der Waals surface area contributed by atoms with Crippen LogP contribution in [0.3, 0.4) is 0 Å². The predicted molar refractivity (Wildman–Crippen MR) is 78.3 cm³/mol. The van der Waals surface area contributed by atoms with E-state index in [1.54, 1.807) is 0 Å². The average molecular weight is 327 g/mol. The topological polar surface area (TPSA) is 35.2 Å². The molecule has 4 heteroatoms. The second kappa shape index (κ2) is 5.74. The van der Waals surface area contributed by atoms with Gasteiger partial charge in [0.25, 0.3) is 0 Å². The minimum Gasteiger partial charge on any atom is -0.457 e. The number of hydrogen-bond acceptors (Lipinski definition) is 2. The highest BCUT2D eigenvalue weighted by Crippen LogP contribution is 2.28. The molecule has 0 aromatic heterocycles. The number of ether oxygens (including phenoxy) is 1. The number of nitrogens with two attached hydrogens (primary N) is 1. The van der Waals surface area contributed by atoms with Gasteiger partial charge >= 0.3 is 0 Å². The molecule has 18 heavy (non-hydrogen) atoms. The molecule has 2 rings (SSSR count). The highest BCUT2D eigenvalue weighted by atomic mass is 79.9. The Morgan fingerprint density at radius 3 is 2.61 bits per heavy atom. The normalized spacial score (nSPS) is 10.4. The molecule has 0 aliphatic rings. The van der Waals surface area contributed by atoms with Crippen molar-refractivity contribution in [2.24, 2.45) is 5.73 Å². The molecule has 0 radical (unpaired) electrons. The highest BCUT2D eigenvalue weighted by molar-refractivity contribution is 9.10. The van der Waals surface area contributed by atoms with Crippen LogP contribution in [-0.2, 0) is 6.54 Å². The van der Waals surface area contributed by atoms with Crippen molar-refractivity contribution in [2.75, 3.05) is 0 Å². The molecule has 0 unspecified atom stereocenters. The van der Waals surface area contributed by atoms with E-state index < -0.39 is 0 Å². The number of benzene rings is 2. The molecule has 0 fully saturated rings. The van der Waals surface area contributed by atoms with E-state index in [1.807, 2.05) is 43.3 Å². The quantitative estimate of drug-likeness (QED) is 0.890. The van der Waals surface area contributed by atoms with E-state index in [4.69, 9.17) is 22.1 Å². The first-order valence-corrected chi connectivity index (χ1v) is 6.69. The van der Waals surface area contributed by atoms with Crippen molar-refractivity contribution in [1.29, 1.82) is 0 Å². The Hall–Kier alpha value is -1.03. The van der Waals surface area contributed by atoms with E-state index in [9.17, 15) is 0 Å². The lowest BCUT2D eigenvalue weighted by molar-refractivity contribution is 0.481. The summed E-state index contributed by atoms with van der Waals surface area (Å²) in [5.74, 6) is 1.52. The maximum Gasteiger partial charge on any atom is 0.128 e. The molecule has 94 valence electrons. The van der Waals surface area contributed by atoms with Crippen LogP contribution in [0.1, 0.15) is 11.1 Å². The molecule has 0 heterocycles. The van der Waals surface area contributed by atoms with E-state index in [0.29, 0.717) is 6.54 Å². The first kappa shape index (κ1) is 13.4. The van der Waals surface area contributed by atoms with Gasteiger partial charge in [0, 0.05) is 16.0 Å². The van der Waals surface area contributed by atoms with Gasteiger partial charge in [-0.25, -0.2) is 0 Å². The number of halogens is 2. The Morgan fingerprint density at radius 2 is 1.94 bits per heavy atom. The summed E-state index contributed by atoms with van der Waals surface area (Å²) in [6.07, 6.45) is 0. The lowest BCUT2D eigenvalue weighted by Crippen LogP contribution is -1.96. The molecule has 2 aromatic carbocycles. The van der Waals surface area contributed by atoms with Crippen LogP contribution in [0.4, 0.5) is 0 Å². The molecule has 0 spiro atoms. The van der Waals surface area contributed by atoms with E-state index in [-0.39, 0.29) is 0 Å². The summed E-state index contributed by atoms with van der Waals surface area (Å²) >= 11 is 9.41. The summed E-state index contributed by atoms with van der Waals surface area (Å²) in [6, 6.07) is 11.4. The molecule has 0 saturated heterocycles. The van der Waals surface area contributed by atoms with Gasteiger partial charge in [-0.1, -0.05) is 27.5 Å². The fourth-order valence-corrected chi connectivity index (χ4v) is 2.25. The van der Waals surface area contributed by atoms with Crippen molar-refractivity contribution in [3.8, 4) is 11.5 Å². The zero-order valence-electron chi connectivity index (χ0n) is 9.91. The third-order valence-corrected chi connectivity index (χ3v) is 3.41. The van der Waals surface area contributed by atoms with Gasteiger partial charge < -0.3 is 10.5 Å². The second-order valence-electron chi connectivity index (χ2n) is 4.01. The number of rotatable bonds is 3. The summed E-state index contributed by atoms with van der Waals surface area (Å²) in [5.41, 5.74) is 7.64. The summed E-state index contributed by atoms with van der Waals surface area (Å²) in [4.78, 5) is 0. The minimum atomic E-state index is 0.482. The Balaban J connectivity index is 2.27. The van der Waals surface area contributed by atoms with Gasteiger partial charge in [-0.2, -0.15) is 0 Å². The van der Waals surface area contributed by atoms with Gasteiger partial charge in [-0.3, -0.25) is 0 Å². The molecule has 0 amide bonds. The SMILES string of the molecule is Cc1cc(Oc2cc(Br)cc(CN)c2)ccc1Cl. The van der Waals surface area contributed by atoms with Crippen LogP contribution >= 0.6 is 27.5 Å². The third-order valence-electron chi connectivity index (χ3n) is 2.53. The van der Waals surface area contributed by atoms with Crippen molar-refractivity contribution in [1.82, 2.24) is 0 Å². The number of hydrogen-bond donors (Lipinski definition) is 1. The summed E-state index contributed by atoms with van der Waals surface area (Å²) < 4.78 is 6.74. The smallest absolute Gasteiger partial charge is 0.128 e. The van der Waals surface area contributed by atoms with Crippen molar-refractivity contribution in [2.45, 2.75) is 13.5 Å².